The summed E-state index contributed by atoms with van der Waals surface area (Å²) in [5.41, 5.74) is 2.33. The summed E-state index contributed by atoms with van der Waals surface area (Å²) in [6.45, 7) is 4.64. The number of benzene rings is 1. The van der Waals surface area contributed by atoms with Gasteiger partial charge in [-0.15, -0.1) is 0 Å². The number of rotatable bonds is 4. The van der Waals surface area contributed by atoms with Crippen LogP contribution in [0.3, 0.4) is 0 Å². The maximum atomic E-state index is 9.22. The van der Waals surface area contributed by atoms with E-state index < -0.39 is 0 Å². The molecule has 0 spiro atoms. The third-order valence-electron chi connectivity index (χ3n) is 2.94. The van der Waals surface area contributed by atoms with Crippen molar-refractivity contribution in [3.8, 4) is 6.07 Å². The van der Waals surface area contributed by atoms with E-state index in [0.717, 1.165) is 29.4 Å². The summed E-state index contributed by atoms with van der Waals surface area (Å²) in [4.78, 5) is 5.73. The topological polar surface area (TPSA) is 38.0 Å². The van der Waals surface area contributed by atoms with Crippen LogP contribution in [0.15, 0.2) is 18.2 Å². The molecule has 0 aliphatic carbocycles. The highest BCUT2D eigenvalue weighted by Gasteiger charge is 2.14. The van der Waals surface area contributed by atoms with E-state index in [1.54, 1.807) is 10.8 Å². The van der Waals surface area contributed by atoms with Gasteiger partial charge in [0.05, 0.1) is 16.8 Å². The minimum absolute atomic E-state index is 0.637. The van der Waals surface area contributed by atoms with Crippen molar-refractivity contribution in [2.24, 2.45) is 0 Å². The second kappa shape index (κ2) is 5.32. The van der Waals surface area contributed by atoms with E-state index in [4.69, 9.17) is 16.4 Å². The fraction of sp³-hybridized carbons (Fsp3) is 0.357. The number of unbranched alkanes of at least 4 members (excludes halogenated alkanes) is 1. The molecule has 2 rings (SSSR count). The fourth-order valence-electron chi connectivity index (χ4n) is 1.97. The molecule has 0 unspecified atom stereocenters. The average molecular weight is 263 g/mol. The molecule has 94 valence electrons. The predicted molar refractivity (Wildman–Crippen MR) is 72.8 cm³/mol. The molecule has 0 radical (unpaired) electrons. The van der Waals surface area contributed by atoms with Gasteiger partial charge in [-0.1, -0.05) is 24.9 Å². The molecule has 0 bridgehead atoms. The summed E-state index contributed by atoms with van der Waals surface area (Å²) in [7, 11) is 0. The van der Waals surface area contributed by atoms with Crippen LogP contribution < -0.4 is 4.84 Å². The van der Waals surface area contributed by atoms with E-state index in [-0.39, 0.29) is 0 Å². The van der Waals surface area contributed by atoms with E-state index in [0.29, 0.717) is 17.2 Å². The van der Waals surface area contributed by atoms with Gasteiger partial charge in [-0.05, 0) is 31.5 Å². The molecule has 1 aromatic heterocycles. The van der Waals surface area contributed by atoms with Crippen LogP contribution in [-0.2, 0) is 0 Å². The molecule has 0 atom stereocenters. The largest absolute Gasteiger partial charge is 0.414 e. The third-order valence-corrected chi connectivity index (χ3v) is 3.18. The highest BCUT2D eigenvalue weighted by atomic mass is 35.5. The van der Waals surface area contributed by atoms with Crippen LogP contribution in [0.1, 0.15) is 31.0 Å². The highest BCUT2D eigenvalue weighted by molar-refractivity contribution is 6.31. The number of halogens is 1. The van der Waals surface area contributed by atoms with Crippen molar-refractivity contribution < 1.29 is 4.84 Å². The normalized spacial score (nSPS) is 10.6. The van der Waals surface area contributed by atoms with Gasteiger partial charge in [0.1, 0.15) is 12.7 Å². The van der Waals surface area contributed by atoms with Crippen LogP contribution in [0.25, 0.3) is 10.9 Å². The van der Waals surface area contributed by atoms with Gasteiger partial charge in [-0.2, -0.15) is 9.99 Å². The first-order valence-corrected chi connectivity index (χ1v) is 6.40. The molecule has 4 heteroatoms. The Balaban J connectivity index is 2.53. The van der Waals surface area contributed by atoms with Crippen LogP contribution in [-0.4, -0.2) is 11.3 Å². The Morgan fingerprint density at radius 3 is 2.89 bits per heavy atom. The molecule has 1 aromatic carbocycles. The lowest BCUT2D eigenvalue weighted by atomic mass is 10.1. The average Bonchev–Trinajstić information content (AvgIpc) is 2.62. The number of aromatic nitrogens is 1. The Bertz CT molecular complexity index is 610. The molecule has 0 amide bonds. The summed E-state index contributed by atoms with van der Waals surface area (Å²) in [5, 5.41) is 10.7. The van der Waals surface area contributed by atoms with Crippen LogP contribution >= 0.6 is 11.6 Å². The molecule has 0 aliphatic rings. The lowest BCUT2D eigenvalue weighted by Crippen LogP contribution is -2.14. The zero-order valence-electron chi connectivity index (χ0n) is 10.5. The number of nitrogens with zero attached hydrogens (tertiary/aromatic N) is 2. The van der Waals surface area contributed by atoms with Gasteiger partial charge in [0.2, 0.25) is 0 Å². The Labute approximate surface area is 111 Å². The summed E-state index contributed by atoms with van der Waals surface area (Å²) in [6.07, 6.45) is 2.06. The zero-order chi connectivity index (χ0) is 13.1. The summed E-state index contributed by atoms with van der Waals surface area (Å²) >= 11 is 6.00. The number of hydrogen-bond donors (Lipinski definition) is 0. The van der Waals surface area contributed by atoms with Crippen molar-refractivity contribution in [1.29, 1.82) is 5.26 Å². The zero-order valence-corrected chi connectivity index (χ0v) is 11.3. The molecule has 0 saturated heterocycles. The Kier molecular flexibility index (Phi) is 3.78. The minimum Gasteiger partial charge on any atom is -0.414 e. The third kappa shape index (κ3) is 2.16. The number of hydrogen-bond acceptors (Lipinski definition) is 2. The summed E-state index contributed by atoms with van der Waals surface area (Å²) < 4.78 is 1.72. The van der Waals surface area contributed by atoms with E-state index in [9.17, 15) is 5.26 Å². The van der Waals surface area contributed by atoms with Crippen molar-refractivity contribution in [3.05, 3.63) is 34.5 Å². The van der Waals surface area contributed by atoms with Crippen LogP contribution in [0, 0.1) is 18.3 Å². The van der Waals surface area contributed by atoms with Gasteiger partial charge < -0.3 is 4.84 Å². The molecule has 0 aliphatic heterocycles. The van der Waals surface area contributed by atoms with E-state index in [1.807, 2.05) is 19.1 Å². The number of nitriles is 1. The second-order valence-electron chi connectivity index (χ2n) is 4.21. The van der Waals surface area contributed by atoms with Crippen molar-refractivity contribution in [2.75, 3.05) is 6.61 Å². The standard InChI is InChI=1S/C14H15ClN2O/c1-3-4-7-18-17-10(2)13(9-16)12-6-5-11(15)8-14(12)17/h5-6,8H,3-4,7H2,1-2H3. The first kappa shape index (κ1) is 12.8. The van der Waals surface area contributed by atoms with Crippen molar-refractivity contribution >= 4 is 22.5 Å². The molecule has 1 heterocycles. The van der Waals surface area contributed by atoms with E-state index >= 15 is 0 Å². The summed E-state index contributed by atoms with van der Waals surface area (Å²) in [5.74, 6) is 0. The molecular weight excluding hydrogens is 248 g/mol. The van der Waals surface area contributed by atoms with Crippen LogP contribution in [0.4, 0.5) is 0 Å². The lowest BCUT2D eigenvalue weighted by Gasteiger charge is -2.09. The Morgan fingerprint density at radius 2 is 2.22 bits per heavy atom. The van der Waals surface area contributed by atoms with Gasteiger partial charge in [0.15, 0.2) is 0 Å². The monoisotopic (exact) mass is 262 g/mol. The van der Waals surface area contributed by atoms with Gasteiger partial charge in [0.25, 0.3) is 0 Å². The predicted octanol–water partition coefficient (Wildman–Crippen LogP) is 3.70. The van der Waals surface area contributed by atoms with Crippen molar-refractivity contribution in [2.45, 2.75) is 26.7 Å². The maximum Gasteiger partial charge on any atom is 0.115 e. The molecule has 2 aromatic rings. The van der Waals surface area contributed by atoms with Gasteiger partial charge in [-0.25, -0.2) is 0 Å². The van der Waals surface area contributed by atoms with Crippen molar-refractivity contribution in [1.82, 2.24) is 4.73 Å². The fourth-order valence-corrected chi connectivity index (χ4v) is 2.14. The smallest absolute Gasteiger partial charge is 0.115 e. The molecular formula is C14H15ClN2O. The van der Waals surface area contributed by atoms with Crippen LogP contribution in [0.5, 0.6) is 0 Å². The molecule has 3 nitrogen and oxygen atoms in total. The van der Waals surface area contributed by atoms with Gasteiger partial charge >= 0.3 is 0 Å². The van der Waals surface area contributed by atoms with Crippen LogP contribution in [0.2, 0.25) is 5.02 Å². The van der Waals surface area contributed by atoms with E-state index in [2.05, 4.69) is 13.0 Å². The maximum absolute atomic E-state index is 9.22. The SMILES string of the molecule is CCCCOn1c(C)c(C#N)c2ccc(Cl)cc21. The van der Waals surface area contributed by atoms with Crippen molar-refractivity contribution in [3.63, 3.8) is 0 Å². The molecule has 0 fully saturated rings. The highest BCUT2D eigenvalue weighted by Crippen LogP contribution is 2.27. The number of fused-ring (bicyclic) bond motifs is 1. The molecule has 0 N–H and O–H groups in total. The Hall–Kier alpha value is -1.66. The quantitative estimate of drug-likeness (QED) is 0.788. The van der Waals surface area contributed by atoms with Gasteiger partial charge in [-0.3, -0.25) is 0 Å². The Morgan fingerprint density at radius 1 is 1.44 bits per heavy atom. The minimum atomic E-state index is 0.637. The lowest BCUT2D eigenvalue weighted by molar-refractivity contribution is 0.113. The second-order valence-corrected chi connectivity index (χ2v) is 4.65. The molecule has 0 saturated carbocycles. The summed E-state index contributed by atoms with van der Waals surface area (Å²) in [6, 6.07) is 7.71. The molecule has 18 heavy (non-hydrogen) atoms. The first-order chi connectivity index (χ1) is 8.69. The first-order valence-electron chi connectivity index (χ1n) is 6.03. The van der Waals surface area contributed by atoms with E-state index in [1.165, 1.54) is 0 Å². The van der Waals surface area contributed by atoms with Gasteiger partial charge in [0, 0.05) is 10.4 Å².